The van der Waals surface area contributed by atoms with E-state index in [-0.39, 0.29) is 11.7 Å². The van der Waals surface area contributed by atoms with Crippen molar-refractivity contribution in [3.05, 3.63) is 71.6 Å². The lowest BCUT2D eigenvalue weighted by Gasteiger charge is -2.08. The maximum absolute atomic E-state index is 12.5. The number of aromatic nitrogens is 1. The minimum absolute atomic E-state index is 0.218. The predicted molar refractivity (Wildman–Crippen MR) is 86.5 cm³/mol. The molecule has 0 atom stereocenters. The van der Waals surface area contributed by atoms with Gasteiger partial charge in [0.25, 0.3) is 5.91 Å². The summed E-state index contributed by atoms with van der Waals surface area (Å²) in [6.07, 6.45) is 0.628. The van der Waals surface area contributed by atoms with E-state index in [1.165, 1.54) is 0 Å². The van der Waals surface area contributed by atoms with Gasteiger partial charge in [0.2, 0.25) is 0 Å². The smallest absolute Gasteiger partial charge is 0.257 e. The van der Waals surface area contributed by atoms with Crippen LogP contribution in [0.2, 0.25) is 0 Å². The SMILES string of the molecule is Cc1cccc(NC(=O)c2ccccc2-c2ccc(C=O)o2)n1. The maximum Gasteiger partial charge on any atom is 0.257 e. The zero-order valence-corrected chi connectivity index (χ0v) is 12.4. The van der Waals surface area contributed by atoms with Gasteiger partial charge in [-0.3, -0.25) is 9.59 Å². The molecule has 0 bridgehead atoms. The summed E-state index contributed by atoms with van der Waals surface area (Å²) < 4.78 is 5.42. The topological polar surface area (TPSA) is 72.2 Å². The van der Waals surface area contributed by atoms with E-state index in [1.54, 1.807) is 42.5 Å². The second-order valence-electron chi connectivity index (χ2n) is 4.98. The van der Waals surface area contributed by atoms with Crippen LogP contribution >= 0.6 is 0 Å². The summed E-state index contributed by atoms with van der Waals surface area (Å²) in [5.74, 6) is 0.881. The van der Waals surface area contributed by atoms with Gasteiger partial charge in [-0.05, 0) is 37.3 Å². The molecule has 0 saturated heterocycles. The van der Waals surface area contributed by atoms with Crippen LogP contribution in [0.1, 0.15) is 26.6 Å². The number of rotatable bonds is 4. The molecule has 1 N–H and O–H groups in total. The second-order valence-corrected chi connectivity index (χ2v) is 4.98. The van der Waals surface area contributed by atoms with Crippen LogP contribution < -0.4 is 5.32 Å². The third kappa shape index (κ3) is 3.18. The Hall–Kier alpha value is -3.21. The number of nitrogens with one attached hydrogen (secondary N) is 1. The van der Waals surface area contributed by atoms with Crippen molar-refractivity contribution >= 4 is 18.0 Å². The average molecular weight is 306 g/mol. The molecule has 5 nitrogen and oxygen atoms in total. The Morgan fingerprint density at radius 3 is 2.65 bits per heavy atom. The van der Waals surface area contributed by atoms with Crippen molar-refractivity contribution in [1.29, 1.82) is 0 Å². The van der Waals surface area contributed by atoms with Crippen LogP contribution in [0, 0.1) is 6.92 Å². The van der Waals surface area contributed by atoms with Gasteiger partial charge in [0, 0.05) is 11.3 Å². The highest BCUT2D eigenvalue weighted by Gasteiger charge is 2.15. The summed E-state index contributed by atoms with van der Waals surface area (Å²) in [5, 5.41) is 2.77. The summed E-state index contributed by atoms with van der Waals surface area (Å²) in [7, 11) is 0. The van der Waals surface area contributed by atoms with E-state index in [9.17, 15) is 9.59 Å². The molecule has 0 aliphatic heterocycles. The number of hydrogen-bond acceptors (Lipinski definition) is 4. The molecule has 3 rings (SSSR count). The van der Waals surface area contributed by atoms with Crippen molar-refractivity contribution in [2.75, 3.05) is 5.32 Å². The molecule has 0 fully saturated rings. The average Bonchev–Trinajstić information content (AvgIpc) is 3.04. The molecule has 1 amide bonds. The molecule has 2 aromatic heterocycles. The third-order valence-corrected chi connectivity index (χ3v) is 3.31. The van der Waals surface area contributed by atoms with E-state index in [4.69, 9.17) is 4.42 Å². The van der Waals surface area contributed by atoms with Gasteiger partial charge in [-0.1, -0.05) is 24.3 Å². The number of carbonyl (C=O) groups excluding carboxylic acids is 2. The molecule has 0 spiro atoms. The van der Waals surface area contributed by atoms with Gasteiger partial charge < -0.3 is 9.73 Å². The second kappa shape index (κ2) is 6.27. The Morgan fingerprint density at radius 2 is 1.91 bits per heavy atom. The molecular weight excluding hydrogens is 292 g/mol. The van der Waals surface area contributed by atoms with Crippen molar-refractivity contribution in [3.63, 3.8) is 0 Å². The normalized spacial score (nSPS) is 10.3. The van der Waals surface area contributed by atoms with Crippen molar-refractivity contribution < 1.29 is 14.0 Å². The minimum atomic E-state index is -0.289. The third-order valence-electron chi connectivity index (χ3n) is 3.31. The Kier molecular flexibility index (Phi) is 4.01. The van der Waals surface area contributed by atoms with Gasteiger partial charge in [0.05, 0.1) is 5.56 Å². The van der Waals surface area contributed by atoms with Crippen LogP contribution in [0.15, 0.2) is 59.0 Å². The summed E-state index contributed by atoms with van der Waals surface area (Å²) in [5.41, 5.74) is 1.88. The number of aldehydes is 1. The first-order valence-electron chi connectivity index (χ1n) is 7.07. The highest BCUT2D eigenvalue weighted by Crippen LogP contribution is 2.26. The zero-order chi connectivity index (χ0) is 16.2. The van der Waals surface area contributed by atoms with E-state index in [0.29, 0.717) is 29.0 Å². The van der Waals surface area contributed by atoms with Gasteiger partial charge in [0.15, 0.2) is 12.0 Å². The fourth-order valence-electron chi connectivity index (χ4n) is 2.25. The van der Waals surface area contributed by atoms with E-state index >= 15 is 0 Å². The first-order valence-corrected chi connectivity index (χ1v) is 7.07. The van der Waals surface area contributed by atoms with Crippen LogP contribution in [0.4, 0.5) is 5.82 Å². The van der Waals surface area contributed by atoms with Gasteiger partial charge in [-0.15, -0.1) is 0 Å². The number of amides is 1. The number of aryl methyl sites for hydroxylation is 1. The first-order chi connectivity index (χ1) is 11.2. The van der Waals surface area contributed by atoms with Crippen molar-refractivity contribution in [2.24, 2.45) is 0 Å². The molecule has 2 heterocycles. The maximum atomic E-state index is 12.5. The number of pyridine rings is 1. The molecule has 114 valence electrons. The lowest BCUT2D eigenvalue weighted by atomic mass is 10.0. The number of furan rings is 1. The van der Waals surface area contributed by atoms with E-state index in [1.807, 2.05) is 19.1 Å². The number of benzene rings is 1. The lowest BCUT2D eigenvalue weighted by molar-refractivity contribution is 0.102. The van der Waals surface area contributed by atoms with E-state index < -0.39 is 0 Å². The monoisotopic (exact) mass is 306 g/mol. The zero-order valence-electron chi connectivity index (χ0n) is 12.4. The van der Waals surface area contributed by atoms with Crippen LogP contribution in [-0.4, -0.2) is 17.2 Å². The molecule has 23 heavy (non-hydrogen) atoms. The number of nitrogens with zero attached hydrogens (tertiary/aromatic N) is 1. The molecular formula is C18H14N2O3. The van der Waals surface area contributed by atoms with Crippen molar-refractivity contribution in [1.82, 2.24) is 4.98 Å². The quantitative estimate of drug-likeness (QED) is 0.746. The standard InChI is InChI=1S/C18H14N2O3/c1-12-5-4-8-17(19-12)20-18(22)15-7-3-2-6-14(15)16-10-9-13(11-21)23-16/h2-11H,1H3,(H,19,20,22). The van der Waals surface area contributed by atoms with E-state index in [0.717, 1.165) is 5.69 Å². The van der Waals surface area contributed by atoms with Gasteiger partial charge in [0.1, 0.15) is 11.6 Å². The number of hydrogen-bond donors (Lipinski definition) is 1. The summed E-state index contributed by atoms with van der Waals surface area (Å²) in [6.45, 7) is 1.85. The fourth-order valence-corrected chi connectivity index (χ4v) is 2.25. The van der Waals surface area contributed by atoms with Crippen LogP contribution in [0.25, 0.3) is 11.3 Å². The molecule has 3 aromatic rings. The van der Waals surface area contributed by atoms with Crippen LogP contribution in [0.5, 0.6) is 0 Å². The predicted octanol–water partition coefficient (Wildman–Crippen LogP) is 3.71. The molecule has 1 aromatic carbocycles. The fraction of sp³-hybridized carbons (Fsp3) is 0.0556. The summed E-state index contributed by atoms with van der Waals surface area (Å²) >= 11 is 0. The Labute approximate surface area is 133 Å². The van der Waals surface area contributed by atoms with Gasteiger partial charge in [-0.25, -0.2) is 4.98 Å². The largest absolute Gasteiger partial charge is 0.453 e. The highest BCUT2D eigenvalue weighted by atomic mass is 16.3. The minimum Gasteiger partial charge on any atom is -0.453 e. The molecule has 0 saturated carbocycles. The molecule has 0 aliphatic rings. The van der Waals surface area contributed by atoms with E-state index in [2.05, 4.69) is 10.3 Å². The Balaban J connectivity index is 1.93. The number of carbonyl (C=O) groups is 2. The summed E-state index contributed by atoms with van der Waals surface area (Å²) in [4.78, 5) is 27.6. The Morgan fingerprint density at radius 1 is 1.09 bits per heavy atom. The van der Waals surface area contributed by atoms with Crippen LogP contribution in [-0.2, 0) is 0 Å². The van der Waals surface area contributed by atoms with Crippen LogP contribution in [0.3, 0.4) is 0 Å². The first kappa shape index (κ1) is 14.7. The molecule has 0 radical (unpaired) electrons. The van der Waals surface area contributed by atoms with Crippen molar-refractivity contribution in [3.8, 4) is 11.3 Å². The lowest BCUT2D eigenvalue weighted by Crippen LogP contribution is -2.14. The van der Waals surface area contributed by atoms with Gasteiger partial charge in [-0.2, -0.15) is 0 Å². The highest BCUT2D eigenvalue weighted by molar-refractivity contribution is 6.08. The molecule has 0 unspecified atom stereocenters. The number of anilines is 1. The van der Waals surface area contributed by atoms with Gasteiger partial charge >= 0.3 is 0 Å². The van der Waals surface area contributed by atoms with Crippen molar-refractivity contribution in [2.45, 2.75) is 6.92 Å². The molecule has 0 aliphatic carbocycles. The summed E-state index contributed by atoms with van der Waals surface area (Å²) in [6, 6.07) is 15.7. The molecule has 5 heteroatoms. The Bertz CT molecular complexity index is 868.